The highest BCUT2D eigenvalue weighted by molar-refractivity contribution is 5.85. The zero-order valence-electron chi connectivity index (χ0n) is 11.0. The van der Waals surface area contributed by atoms with Crippen molar-refractivity contribution in [3.05, 3.63) is 35.6 Å². The highest BCUT2D eigenvalue weighted by Gasteiger charge is 2.40. The summed E-state index contributed by atoms with van der Waals surface area (Å²) in [6, 6.07) is 6.69. The molecule has 1 saturated carbocycles. The lowest BCUT2D eigenvalue weighted by Crippen LogP contribution is -2.48. The average Bonchev–Trinajstić information content (AvgIpc) is 3.19. The number of benzene rings is 1. The average molecular weight is 301 g/mol. The first-order chi connectivity index (χ1) is 9.24. The fourth-order valence-electron chi connectivity index (χ4n) is 2.47. The number of carbonyl (C=O) groups excluding carboxylic acids is 1. The molecular formula is C14H18ClFN2O2. The largest absolute Gasteiger partial charge is 0.366 e. The van der Waals surface area contributed by atoms with E-state index < -0.39 is 6.10 Å². The van der Waals surface area contributed by atoms with Gasteiger partial charge in [0.15, 0.2) is 0 Å². The Labute approximate surface area is 123 Å². The van der Waals surface area contributed by atoms with Gasteiger partial charge in [-0.1, -0.05) is 12.1 Å². The van der Waals surface area contributed by atoms with E-state index in [9.17, 15) is 9.18 Å². The predicted octanol–water partition coefficient (Wildman–Crippen LogP) is 1.21. The number of morpholine rings is 1. The molecule has 1 aromatic carbocycles. The highest BCUT2D eigenvalue weighted by atomic mass is 35.5. The summed E-state index contributed by atoms with van der Waals surface area (Å²) in [5.74, 6) is -0.0680. The van der Waals surface area contributed by atoms with Gasteiger partial charge in [-0.05, 0) is 24.1 Å². The van der Waals surface area contributed by atoms with E-state index in [1.807, 2.05) is 6.07 Å². The summed E-state index contributed by atoms with van der Waals surface area (Å²) in [7, 11) is 0. The number of hydrogen-bond acceptors (Lipinski definition) is 3. The fraction of sp³-hybridized carbons (Fsp3) is 0.500. The van der Waals surface area contributed by atoms with Crippen LogP contribution in [0.2, 0.25) is 0 Å². The Morgan fingerprint density at radius 2 is 2.30 bits per heavy atom. The van der Waals surface area contributed by atoms with Gasteiger partial charge in [0.2, 0.25) is 0 Å². The maximum Gasteiger partial charge on any atom is 0.250 e. The van der Waals surface area contributed by atoms with Crippen molar-refractivity contribution in [1.29, 1.82) is 0 Å². The SMILES string of the molecule is Cl.O=C(NC1CC1c1cccc(F)c1)C1CNCCO1. The van der Waals surface area contributed by atoms with Gasteiger partial charge in [-0.2, -0.15) is 0 Å². The Morgan fingerprint density at radius 3 is 3.00 bits per heavy atom. The van der Waals surface area contributed by atoms with Gasteiger partial charge < -0.3 is 15.4 Å². The molecule has 1 aliphatic heterocycles. The van der Waals surface area contributed by atoms with Crippen molar-refractivity contribution in [1.82, 2.24) is 10.6 Å². The lowest BCUT2D eigenvalue weighted by Gasteiger charge is -2.22. The molecule has 0 radical (unpaired) electrons. The Bertz CT molecular complexity index is 480. The van der Waals surface area contributed by atoms with Crippen LogP contribution in [-0.4, -0.2) is 37.7 Å². The molecule has 4 nitrogen and oxygen atoms in total. The van der Waals surface area contributed by atoms with Gasteiger partial charge in [0.1, 0.15) is 11.9 Å². The van der Waals surface area contributed by atoms with Crippen LogP contribution in [0.4, 0.5) is 4.39 Å². The van der Waals surface area contributed by atoms with E-state index in [1.165, 1.54) is 12.1 Å². The third-order valence-corrected chi connectivity index (χ3v) is 3.61. The molecule has 3 rings (SSSR count). The molecule has 3 atom stereocenters. The molecule has 0 spiro atoms. The van der Waals surface area contributed by atoms with Gasteiger partial charge in [0.05, 0.1) is 6.61 Å². The molecule has 6 heteroatoms. The van der Waals surface area contributed by atoms with Crippen LogP contribution in [0, 0.1) is 5.82 Å². The van der Waals surface area contributed by atoms with Crippen molar-refractivity contribution in [3.63, 3.8) is 0 Å². The monoisotopic (exact) mass is 300 g/mol. The molecule has 3 unspecified atom stereocenters. The zero-order valence-corrected chi connectivity index (χ0v) is 11.8. The van der Waals surface area contributed by atoms with Crippen LogP contribution in [0.5, 0.6) is 0 Å². The number of hydrogen-bond donors (Lipinski definition) is 2. The van der Waals surface area contributed by atoms with E-state index in [4.69, 9.17) is 4.74 Å². The normalized spacial score (nSPS) is 28.4. The van der Waals surface area contributed by atoms with E-state index in [2.05, 4.69) is 10.6 Å². The summed E-state index contributed by atoms with van der Waals surface area (Å²) in [6.45, 7) is 1.92. The maximum atomic E-state index is 13.1. The zero-order chi connectivity index (χ0) is 13.2. The molecule has 20 heavy (non-hydrogen) atoms. The minimum atomic E-state index is -0.400. The number of rotatable bonds is 3. The van der Waals surface area contributed by atoms with Crippen LogP contribution < -0.4 is 10.6 Å². The number of ether oxygens (including phenoxy) is 1. The van der Waals surface area contributed by atoms with Crippen molar-refractivity contribution in [2.45, 2.75) is 24.5 Å². The first kappa shape index (κ1) is 15.2. The molecule has 2 aliphatic rings. The summed E-state index contributed by atoms with van der Waals surface area (Å²) >= 11 is 0. The Morgan fingerprint density at radius 1 is 1.45 bits per heavy atom. The summed E-state index contributed by atoms with van der Waals surface area (Å²) in [5, 5.41) is 6.09. The van der Waals surface area contributed by atoms with Crippen molar-refractivity contribution >= 4 is 18.3 Å². The van der Waals surface area contributed by atoms with E-state index in [0.29, 0.717) is 13.2 Å². The molecule has 0 aromatic heterocycles. The van der Waals surface area contributed by atoms with Crippen LogP contribution in [0.15, 0.2) is 24.3 Å². The van der Waals surface area contributed by atoms with E-state index in [-0.39, 0.29) is 36.1 Å². The third kappa shape index (κ3) is 3.48. The molecule has 1 aromatic rings. The van der Waals surface area contributed by atoms with Gasteiger partial charge in [-0.3, -0.25) is 4.79 Å². The standard InChI is InChI=1S/C14H17FN2O2.ClH/c15-10-3-1-2-9(6-10)11-7-12(11)17-14(18)13-8-16-4-5-19-13;/h1-3,6,11-13,16H,4-5,7-8H2,(H,17,18);1H. The van der Waals surface area contributed by atoms with E-state index in [0.717, 1.165) is 18.5 Å². The summed E-state index contributed by atoms with van der Waals surface area (Å²) in [4.78, 5) is 11.9. The second-order valence-corrected chi connectivity index (χ2v) is 5.08. The smallest absolute Gasteiger partial charge is 0.250 e. The lowest BCUT2D eigenvalue weighted by molar-refractivity contribution is -0.134. The summed E-state index contributed by atoms with van der Waals surface area (Å²) in [5.41, 5.74) is 0.952. The molecule has 2 fully saturated rings. The first-order valence-electron chi connectivity index (χ1n) is 6.62. The van der Waals surface area contributed by atoms with Crippen molar-refractivity contribution < 1.29 is 13.9 Å². The number of halogens is 2. The number of amides is 1. The summed E-state index contributed by atoms with van der Waals surface area (Å²) in [6.07, 6.45) is 0.470. The maximum absolute atomic E-state index is 13.1. The van der Waals surface area contributed by atoms with Crippen LogP contribution >= 0.6 is 12.4 Å². The quantitative estimate of drug-likeness (QED) is 0.882. The van der Waals surface area contributed by atoms with Gasteiger partial charge in [-0.25, -0.2) is 4.39 Å². The minimum absolute atomic E-state index is 0. The minimum Gasteiger partial charge on any atom is -0.366 e. The van der Waals surface area contributed by atoms with Gasteiger partial charge in [0.25, 0.3) is 5.91 Å². The first-order valence-corrected chi connectivity index (χ1v) is 6.62. The van der Waals surface area contributed by atoms with Crippen LogP contribution in [0.25, 0.3) is 0 Å². The molecule has 1 aliphatic carbocycles. The predicted molar refractivity (Wildman–Crippen MR) is 75.5 cm³/mol. The number of carbonyl (C=O) groups is 1. The number of nitrogens with one attached hydrogen (secondary N) is 2. The van der Waals surface area contributed by atoms with Crippen LogP contribution in [-0.2, 0) is 9.53 Å². The fourth-order valence-corrected chi connectivity index (χ4v) is 2.47. The van der Waals surface area contributed by atoms with Crippen molar-refractivity contribution in [2.75, 3.05) is 19.7 Å². The second kappa shape index (κ2) is 6.52. The third-order valence-electron chi connectivity index (χ3n) is 3.61. The van der Waals surface area contributed by atoms with Gasteiger partial charge in [-0.15, -0.1) is 12.4 Å². The van der Waals surface area contributed by atoms with Crippen molar-refractivity contribution in [3.8, 4) is 0 Å². The Balaban J connectivity index is 0.00000147. The van der Waals surface area contributed by atoms with Crippen LogP contribution in [0.1, 0.15) is 17.9 Å². The molecule has 0 bridgehead atoms. The summed E-state index contributed by atoms with van der Waals surface area (Å²) < 4.78 is 18.5. The lowest BCUT2D eigenvalue weighted by atomic mass is 10.1. The molecule has 1 amide bonds. The second-order valence-electron chi connectivity index (χ2n) is 5.08. The Hall–Kier alpha value is -1.17. The van der Waals surface area contributed by atoms with Crippen LogP contribution in [0.3, 0.4) is 0 Å². The molecule has 2 N–H and O–H groups in total. The van der Waals surface area contributed by atoms with Crippen molar-refractivity contribution in [2.24, 2.45) is 0 Å². The molecule has 1 saturated heterocycles. The van der Waals surface area contributed by atoms with Gasteiger partial charge in [0, 0.05) is 25.0 Å². The highest BCUT2D eigenvalue weighted by Crippen LogP contribution is 2.40. The van der Waals surface area contributed by atoms with Gasteiger partial charge >= 0.3 is 0 Å². The molecule has 110 valence electrons. The molecular weight excluding hydrogens is 283 g/mol. The topological polar surface area (TPSA) is 50.4 Å². The van der Waals surface area contributed by atoms with E-state index in [1.54, 1.807) is 6.07 Å². The Kier molecular flexibility index (Phi) is 4.96. The van der Waals surface area contributed by atoms with E-state index >= 15 is 0 Å². The molecule has 1 heterocycles.